The first kappa shape index (κ1) is 39.7. The number of nitrogens with zero attached hydrogens (tertiary/aromatic N) is 1. The molecule has 0 saturated heterocycles. The van der Waals surface area contributed by atoms with Crippen LogP contribution < -0.4 is 10.6 Å². The second-order valence-electron chi connectivity index (χ2n) is 14.3. The number of thioether (sulfide) groups is 1. The quantitative estimate of drug-likeness (QED) is 0.101. The lowest BCUT2D eigenvalue weighted by Gasteiger charge is -2.37. The van der Waals surface area contributed by atoms with Crippen LogP contribution in [0.2, 0.25) is 0 Å². The first-order chi connectivity index (χ1) is 24.6. The van der Waals surface area contributed by atoms with Crippen molar-refractivity contribution in [3.63, 3.8) is 0 Å². The Balaban J connectivity index is 1.68. The SMILES string of the molecule is CCCCN(Cc1ccccc1)C(=O)[C@@H](NC[C@H](CSC(c1ccccc1)(c1ccccc1)c1ccccc1)NC(=O)OC(C)(C)C)[C@@H](C)CC. The highest BCUT2D eigenvalue weighted by Gasteiger charge is 2.38. The topological polar surface area (TPSA) is 70.7 Å². The zero-order chi connectivity index (χ0) is 36.7. The van der Waals surface area contributed by atoms with Gasteiger partial charge in [0.2, 0.25) is 5.91 Å². The number of nitrogens with one attached hydrogen (secondary N) is 2. The molecule has 4 rings (SSSR count). The smallest absolute Gasteiger partial charge is 0.407 e. The van der Waals surface area contributed by atoms with Gasteiger partial charge in [0.1, 0.15) is 5.60 Å². The first-order valence-corrected chi connectivity index (χ1v) is 19.4. The van der Waals surface area contributed by atoms with Crippen molar-refractivity contribution in [3.05, 3.63) is 144 Å². The van der Waals surface area contributed by atoms with Crippen LogP contribution in [0.1, 0.15) is 83.1 Å². The van der Waals surface area contributed by atoms with E-state index in [1.165, 1.54) is 0 Å². The molecule has 2 N–H and O–H groups in total. The Labute approximate surface area is 310 Å². The van der Waals surface area contributed by atoms with Crippen LogP contribution in [0.5, 0.6) is 0 Å². The fourth-order valence-corrected chi connectivity index (χ4v) is 7.83. The van der Waals surface area contributed by atoms with E-state index in [-0.39, 0.29) is 17.9 Å². The summed E-state index contributed by atoms with van der Waals surface area (Å²) in [4.78, 5) is 29.7. The zero-order valence-electron chi connectivity index (χ0n) is 31.3. The molecule has 0 aliphatic heterocycles. The molecular formula is C44H57N3O3S. The van der Waals surface area contributed by atoms with E-state index in [1.54, 1.807) is 11.8 Å². The van der Waals surface area contributed by atoms with Crippen LogP contribution in [0.15, 0.2) is 121 Å². The molecule has 4 aromatic carbocycles. The third-order valence-corrected chi connectivity index (χ3v) is 10.8. The van der Waals surface area contributed by atoms with Gasteiger partial charge in [-0.15, -0.1) is 11.8 Å². The number of carbonyl (C=O) groups excluding carboxylic acids is 2. The number of benzene rings is 4. The van der Waals surface area contributed by atoms with Gasteiger partial charge in [0.25, 0.3) is 0 Å². The second-order valence-corrected chi connectivity index (χ2v) is 15.5. The van der Waals surface area contributed by atoms with Gasteiger partial charge >= 0.3 is 6.09 Å². The molecule has 0 saturated carbocycles. The Kier molecular flexibility index (Phi) is 15.2. The molecule has 2 amide bonds. The predicted octanol–water partition coefficient (Wildman–Crippen LogP) is 9.44. The van der Waals surface area contributed by atoms with E-state index in [1.807, 2.05) is 62.1 Å². The highest BCUT2D eigenvalue weighted by molar-refractivity contribution is 8.00. The van der Waals surface area contributed by atoms with Crippen LogP contribution in [0.3, 0.4) is 0 Å². The summed E-state index contributed by atoms with van der Waals surface area (Å²) in [5.41, 5.74) is 3.91. The van der Waals surface area contributed by atoms with Gasteiger partial charge in [0.15, 0.2) is 0 Å². The van der Waals surface area contributed by atoms with E-state index in [9.17, 15) is 9.59 Å². The largest absolute Gasteiger partial charge is 0.444 e. The van der Waals surface area contributed by atoms with Gasteiger partial charge in [-0.2, -0.15) is 0 Å². The summed E-state index contributed by atoms with van der Waals surface area (Å²) in [6, 6.07) is 41.1. The van der Waals surface area contributed by atoms with Crippen molar-refractivity contribution in [2.75, 3.05) is 18.8 Å². The Morgan fingerprint density at radius 2 is 1.25 bits per heavy atom. The van der Waals surface area contributed by atoms with Crippen LogP contribution in [0, 0.1) is 5.92 Å². The van der Waals surface area contributed by atoms with Crippen molar-refractivity contribution in [2.24, 2.45) is 5.92 Å². The Bertz CT molecular complexity index is 1500. The van der Waals surface area contributed by atoms with Crippen molar-refractivity contribution < 1.29 is 14.3 Å². The van der Waals surface area contributed by atoms with Gasteiger partial charge < -0.3 is 20.3 Å². The summed E-state index contributed by atoms with van der Waals surface area (Å²) in [6.45, 7) is 13.7. The fourth-order valence-electron chi connectivity index (χ4n) is 6.27. The van der Waals surface area contributed by atoms with Crippen LogP contribution >= 0.6 is 11.8 Å². The number of rotatable bonds is 18. The number of hydrogen-bond donors (Lipinski definition) is 2. The maximum atomic E-state index is 14.4. The minimum absolute atomic E-state index is 0.0873. The molecule has 0 aliphatic rings. The van der Waals surface area contributed by atoms with Gasteiger partial charge in [-0.25, -0.2) is 4.79 Å². The lowest BCUT2D eigenvalue weighted by atomic mass is 9.84. The van der Waals surface area contributed by atoms with E-state index < -0.39 is 22.5 Å². The number of unbranched alkanes of at least 4 members (excludes halogenated alkanes) is 1. The molecule has 0 fully saturated rings. The summed E-state index contributed by atoms with van der Waals surface area (Å²) in [5.74, 6) is 0.734. The average Bonchev–Trinajstić information content (AvgIpc) is 3.14. The zero-order valence-corrected chi connectivity index (χ0v) is 32.1. The van der Waals surface area contributed by atoms with Gasteiger partial charge in [0.05, 0.1) is 16.8 Å². The molecule has 0 bridgehead atoms. The highest BCUT2D eigenvalue weighted by Crippen LogP contribution is 2.48. The van der Waals surface area contributed by atoms with Gasteiger partial charge in [-0.05, 0) is 55.4 Å². The molecule has 0 aliphatic carbocycles. The average molecular weight is 708 g/mol. The van der Waals surface area contributed by atoms with Crippen molar-refractivity contribution in [2.45, 2.75) is 89.8 Å². The van der Waals surface area contributed by atoms with Crippen molar-refractivity contribution in [1.82, 2.24) is 15.5 Å². The standard InChI is InChI=1S/C44H57N3O3S/c1-7-9-30-47(32-35-22-14-10-15-23-35)41(48)40(34(3)8-2)45-31-39(46-42(49)50-43(4,5)6)33-51-44(36-24-16-11-17-25-36,37-26-18-12-19-27-37)38-28-20-13-21-29-38/h10-29,34,39-40,45H,7-9,30-33H2,1-6H3,(H,46,49)/t34-,39+,40-/m0/s1. The van der Waals surface area contributed by atoms with Crippen LogP contribution in [-0.2, 0) is 20.8 Å². The summed E-state index contributed by atoms with van der Waals surface area (Å²) in [7, 11) is 0. The predicted molar refractivity (Wildman–Crippen MR) is 213 cm³/mol. The number of hydrogen-bond acceptors (Lipinski definition) is 5. The molecule has 0 aromatic heterocycles. The van der Waals surface area contributed by atoms with E-state index in [0.717, 1.165) is 41.5 Å². The molecule has 0 heterocycles. The maximum absolute atomic E-state index is 14.4. The number of carbonyl (C=O) groups is 2. The molecule has 272 valence electrons. The molecule has 0 radical (unpaired) electrons. The Morgan fingerprint density at radius 1 is 0.765 bits per heavy atom. The highest BCUT2D eigenvalue weighted by atomic mass is 32.2. The summed E-state index contributed by atoms with van der Waals surface area (Å²) < 4.78 is 5.20. The molecular weight excluding hydrogens is 651 g/mol. The van der Waals surface area contributed by atoms with Crippen LogP contribution in [-0.4, -0.2) is 53.4 Å². The monoisotopic (exact) mass is 707 g/mol. The lowest BCUT2D eigenvalue weighted by molar-refractivity contribution is -0.135. The first-order valence-electron chi connectivity index (χ1n) is 18.4. The summed E-state index contributed by atoms with van der Waals surface area (Å²) in [6.07, 6.45) is 2.31. The molecule has 4 aromatic rings. The van der Waals surface area contributed by atoms with Gasteiger partial charge in [0, 0.05) is 25.4 Å². The fraction of sp³-hybridized carbons (Fsp3) is 0.409. The van der Waals surface area contributed by atoms with Crippen molar-refractivity contribution in [1.29, 1.82) is 0 Å². The van der Waals surface area contributed by atoms with Crippen molar-refractivity contribution >= 4 is 23.8 Å². The molecule has 51 heavy (non-hydrogen) atoms. The maximum Gasteiger partial charge on any atom is 0.407 e. The molecule has 0 unspecified atom stereocenters. The molecule has 3 atom stereocenters. The van der Waals surface area contributed by atoms with Gasteiger partial charge in [-0.1, -0.05) is 155 Å². The number of ether oxygens (including phenoxy) is 1. The van der Waals surface area contributed by atoms with E-state index in [0.29, 0.717) is 25.4 Å². The minimum atomic E-state index is -0.649. The number of amides is 2. The van der Waals surface area contributed by atoms with Gasteiger partial charge in [-0.3, -0.25) is 4.79 Å². The van der Waals surface area contributed by atoms with E-state index >= 15 is 0 Å². The second kappa shape index (κ2) is 19.5. The third kappa shape index (κ3) is 11.5. The Morgan fingerprint density at radius 3 is 1.71 bits per heavy atom. The minimum Gasteiger partial charge on any atom is -0.444 e. The summed E-state index contributed by atoms with van der Waals surface area (Å²) >= 11 is 1.78. The van der Waals surface area contributed by atoms with E-state index in [4.69, 9.17) is 4.74 Å². The van der Waals surface area contributed by atoms with E-state index in [2.05, 4.69) is 116 Å². The Hall–Kier alpha value is -4.07. The molecule has 6 nitrogen and oxygen atoms in total. The lowest BCUT2D eigenvalue weighted by Crippen LogP contribution is -2.54. The summed E-state index contributed by atoms with van der Waals surface area (Å²) in [5, 5.41) is 6.85. The van der Waals surface area contributed by atoms with Crippen LogP contribution in [0.4, 0.5) is 4.79 Å². The normalized spacial score (nSPS) is 13.5. The third-order valence-electron chi connectivity index (χ3n) is 9.14. The molecule has 7 heteroatoms. The van der Waals surface area contributed by atoms with Crippen molar-refractivity contribution in [3.8, 4) is 0 Å². The number of alkyl carbamates (subject to hydrolysis) is 1. The molecule has 0 spiro atoms. The van der Waals surface area contributed by atoms with Crippen LogP contribution in [0.25, 0.3) is 0 Å².